The number of hydrogen-bond donors (Lipinski definition) is 1. The van der Waals surface area contributed by atoms with Gasteiger partial charge in [0.1, 0.15) is 5.75 Å². The molecule has 0 radical (unpaired) electrons. The fourth-order valence-corrected chi connectivity index (χ4v) is 3.26. The Kier molecular flexibility index (Phi) is 4.34. The summed E-state index contributed by atoms with van der Waals surface area (Å²) in [6.07, 6.45) is -3.16. The minimum atomic E-state index is -4.68. The van der Waals surface area contributed by atoms with Crippen LogP contribution in [0.4, 0.5) is 18.9 Å². The summed E-state index contributed by atoms with van der Waals surface area (Å²) >= 11 is 0. The van der Waals surface area contributed by atoms with Crippen molar-refractivity contribution < 1.29 is 22.1 Å². The van der Waals surface area contributed by atoms with E-state index in [2.05, 4.69) is 10.1 Å². The normalized spacial score (nSPS) is 23.9. The molecular formula is C12H14F3NO2S. The van der Waals surface area contributed by atoms with E-state index in [-0.39, 0.29) is 11.8 Å². The van der Waals surface area contributed by atoms with Gasteiger partial charge in [-0.05, 0) is 25.0 Å². The van der Waals surface area contributed by atoms with E-state index >= 15 is 0 Å². The highest BCUT2D eigenvalue weighted by Crippen LogP contribution is 2.26. The first-order valence-electron chi connectivity index (χ1n) is 5.90. The van der Waals surface area contributed by atoms with Gasteiger partial charge in [0.05, 0.1) is 0 Å². The molecule has 0 saturated carbocycles. The summed E-state index contributed by atoms with van der Waals surface area (Å²) in [7, 11) is -0.750. The SMILES string of the molecule is O=S1CCC(Nc2cccc(OC(F)(F)F)c2)CC1. The summed E-state index contributed by atoms with van der Waals surface area (Å²) in [6.45, 7) is 0. The Hall–Kier alpha value is -1.24. The Morgan fingerprint density at radius 2 is 1.95 bits per heavy atom. The lowest BCUT2D eigenvalue weighted by Crippen LogP contribution is -2.29. The topological polar surface area (TPSA) is 38.3 Å². The number of rotatable bonds is 3. The van der Waals surface area contributed by atoms with Crippen LogP contribution in [0.3, 0.4) is 0 Å². The zero-order valence-electron chi connectivity index (χ0n) is 10.1. The molecule has 106 valence electrons. The average molecular weight is 293 g/mol. The third kappa shape index (κ3) is 4.74. The molecule has 0 spiro atoms. The van der Waals surface area contributed by atoms with Gasteiger partial charge >= 0.3 is 6.36 Å². The predicted octanol–water partition coefficient (Wildman–Crippen LogP) is 2.91. The summed E-state index contributed by atoms with van der Waals surface area (Å²) < 4.78 is 51.4. The van der Waals surface area contributed by atoms with Gasteiger partial charge < -0.3 is 10.1 Å². The first-order valence-corrected chi connectivity index (χ1v) is 7.38. The van der Waals surface area contributed by atoms with Crippen molar-refractivity contribution in [2.24, 2.45) is 0 Å². The van der Waals surface area contributed by atoms with Crippen molar-refractivity contribution in [1.82, 2.24) is 0 Å². The van der Waals surface area contributed by atoms with Crippen LogP contribution in [0.25, 0.3) is 0 Å². The van der Waals surface area contributed by atoms with Crippen LogP contribution >= 0.6 is 0 Å². The molecule has 1 saturated heterocycles. The minimum absolute atomic E-state index is 0.152. The molecule has 1 heterocycles. The van der Waals surface area contributed by atoms with Crippen molar-refractivity contribution in [3.05, 3.63) is 24.3 Å². The maximum absolute atomic E-state index is 12.1. The molecular weight excluding hydrogens is 279 g/mol. The number of anilines is 1. The van der Waals surface area contributed by atoms with Gasteiger partial charge in [0.15, 0.2) is 0 Å². The largest absolute Gasteiger partial charge is 0.573 e. The van der Waals surface area contributed by atoms with Crippen LogP contribution in [0.15, 0.2) is 24.3 Å². The Morgan fingerprint density at radius 1 is 1.26 bits per heavy atom. The Labute approximate surface area is 111 Å². The lowest BCUT2D eigenvalue weighted by atomic mass is 10.1. The standard InChI is InChI=1S/C12H14F3NO2S/c13-12(14,15)18-11-3-1-2-10(8-11)16-9-4-6-19(17)7-5-9/h1-3,8-9,16H,4-7H2. The van der Waals surface area contributed by atoms with Gasteiger partial charge in [0.25, 0.3) is 0 Å². The molecule has 0 aliphatic carbocycles. The summed E-state index contributed by atoms with van der Waals surface area (Å²) in [6, 6.07) is 5.92. The molecule has 3 nitrogen and oxygen atoms in total. The first-order chi connectivity index (χ1) is 8.92. The highest BCUT2D eigenvalue weighted by atomic mass is 32.2. The average Bonchev–Trinajstić information content (AvgIpc) is 2.30. The Morgan fingerprint density at radius 3 is 2.58 bits per heavy atom. The van der Waals surface area contributed by atoms with E-state index in [9.17, 15) is 17.4 Å². The number of alkyl halides is 3. The molecule has 1 N–H and O–H groups in total. The van der Waals surface area contributed by atoms with Crippen LogP contribution in [-0.4, -0.2) is 28.1 Å². The van der Waals surface area contributed by atoms with E-state index in [0.29, 0.717) is 17.2 Å². The minimum Gasteiger partial charge on any atom is -0.406 e. The second kappa shape index (κ2) is 5.81. The van der Waals surface area contributed by atoms with Crippen molar-refractivity contribution in [3.63, 3.8) is 0 Å². The molecule has 1 aromatic carbocycles. The van der Waals surface area contributed by atoms with Gasteiger partial charge in [0.2, 0.25) is 0 Å². The van der Waals surface area contributed by atoms with Crippen molar-refractivity contribution in [3.8, 4) is 5.75 Å². The predicted molar refractivity (Wildman–Crippen MR) is 67.6 cm³/mol. The second-order valence-electron chi connectivity index (χ2n) is 4.34. The van der Waals surface area contributed by atoms with E-state index < -0.39 is 17.2 Å². The molecule has 0 atom stereocenters. The molecule has 1 aliphatic heterocycles. The fraction of sp³-hybridized carbons (Fsp3) is 0.500. The second-order valence-corrected chi connectivity index (χ2v) is 6.04. The number of ether oxygens (including phenoxy) is 1. The molecule has 0 aromatic heterocycles. The molecule has 1 fully saturated rings. The molecule has 1 aromatic rings. The maximum Gasteiger partial charge on any atom is 0.573 e. The fourth-order valence-electron chi connectivity index (χ4n) is 1.96. The lowest BCUT2D eigenvalue weighted by Gasteiger charge is -2.23. The Balaban J connectivity index is 1.97. The third-order valence-corrected chi connectivity index (χ3v) is 4.21. The van der Waals surface area contributed by atoms with E-state index in [1.807, 2.05) is 0 Å². The molecule has 7 heteroatoms. The van der Waals surface area contributed by atoms with Crippen LogP contribution < -0.4 is 10.1 Å². The summed E-state index contributed by atoms with van der Waals surface area (Å²) in [5.74, 6) is 1.03. The number of halogens is 3. The van der Waals surface area contributed by atoms with Gasteiger partial charge in [-0.3, -0.25) is 4.21 Å². The molecule has 19 heavy (non-hydrogen) atoms. The zero-order valence-corrected chi connectivity index (χ0v) is 10.9. The molecule has 1 aliphatic rings. The highest BCUT2D eigenvalue weighted by molar-refractivity contribution is 7.85. The molecule has 0 amide bonds. The van der Waals surface area contributed by atoms with Crippen molar-refractivity contribution in [2.75, 3.05) is 16.8 Å². The van der Waals surface area contributed by atoms with Gasteiger partial charge in [-0.2, -0.15) is 0 Å². The number of benzene rings is 1. The Bertz CT molecular complexity index is 455. The molecule has 0 bridgehead atoms. The van der Waals surface area contributed by atoms with E-state index in [0.717, 1.165) is 12.8 Å². The highest BCUT2D eigenvalue weighted by Gasteiger charge is 2.31. The summed E-state index contributed by atoms with van der Waals surface area (Å²) in [4.78, 5) is 0. The van der Waals surface area contributed by atoms with Gasteiger partial charge in [-0.15, -0.1) is 13.2 Å². The smallest absolute Gasteiger partial charge is 0.406 e. The lowest BCUT2D eigenvalue weighted by molar-refractivity contribution is -0.274. The monoisotopic (exact) mass is 293 g/mol. The third-order valence-electron chi connectivity index (χ3n) is 2.83. The van der Waals surface area contributed by atoms with Crippen LogP contribution in [0.5, 0.6) is 5.75 Å². The number of hydrogen-bond acceptors (Lipinski definition) is 3. The van der Waals surface area contributed by atoms with Crippen molar-refractivity contribution in [1.29, 1.82) is 0 Å². The van der Waals surface area contributed by atoms with Crippen LogP contribution in [0.2, 0.25) is 0 Å². The van der Waals surface area contributed by atoms with Crippen LogP contribution in [0.1, 0.15) is 12.8 Å². The van der Waals surface area contributed by atoms with Gasteiger partial charge in [0, 0.05) is 40.1 Å². The summed E-state index contributed by atoms with van der Waals surface area (Å²) in [5, 5.41) is 3.15. The molecule has 0 unspecified atom stereocenters. The molecule has 2 rings (SSSR count). The van der Waals surface area contributed by atoms with Gasteiger partial charge in [-0.1, -0.05) is 6.07 Å². The van der Waals surface area contributed by atoms with Crippen molar-refractivity contribution in [2.45, 2.75) is 25.2 Å². The van der Waals surface area contributed by atoms with Crippen LogP contribution in [-0.2, 0) is 10.8 Å². The van der Waals surface area contributed by atoms with Gasteiger partial charge in [-0.25, -0.2) is 0 Å². The summed E-state index contributed by atoms with van der Waals surface area (Å²) in [5.41, 5.74) is 0.583. The van der Waals surface area contributed by atoms with E-state index in [1.54, 1.807) is 6.07 Å². The van der Waals surface area contributed by atoms with E-state index in [1.165, 1.54) is 18.2 Å². The number of nitrogens with one attached hydrogen (secondary N) is 1. The van der Waals surface area contributed by atoms with Crippen molar-refractivity contribution >= 4 is 16.5 Å². The maximum atomic E-state index is 12.1. The quantitative estimate of drug-likeness (QED) is 0.931. The zero-order chi connectivity index (χ0) is 13.9. The first kappa shape index (κ1) is 14.2. The van der Waals surface area contributed by atoms with Crippen LogP contribution in [0, 0.1) is 0 Å². The van der Waals surface area contributed by atoms with E-state index in [4.69, 9.17) is 0 Å².